The van der Waals surface area contributed by atoms with Gasteiger partial charge in [-0.3, -0.25) is 34.1 Å². The van der Waals surface area contributed by atoms with Gasteiger partial charge in [-0.2, -0.15) is 0 Å². The molecule has 2 aromatic carbocycles. The summed E-state index contributed by atoms with van der Waals surface area (Å²) in [6, 6.07) is 5.58. The molecule has 8 N–H and O–H groups in total. The van der Waals surface area contributed by atoms with E-state index in [9.17, 15) is 34.1 Å². The van der Waals surface area contributed by atoms with Crippen LogP contribution in [0.15, 0.2) is 36.4 Å². The second-order valence-electron chi connectivity index (χ2n) is 8.33. The van der Waals surface area contributed by atoms with E-state index in [1.165, 1.54) is 31.2 Å². The lowest BCUT2D eigenvalue weighted by atomic mass is 10.0. The van der Waals surface area contributed by atoms with Crippen LogP contribution < -0.4 is 32.7 Å². The number of benzene rings is 2. The summed E-state index contributed by atoms with van der Waals surface area (Å²) in [6.45, 7) is 1.44. The Balaban J connectivity index is 2.09. The largest absolute Gasteiger partial charge is 0.380 e. The number of amides is 5. The third-order valence-electron chi connectivity index (χ3n) is 5.63. The quantitative estimate of drug-likeness (QED) is 0.238. The Hall–Kier alpha value is -5.01. The highest BCUT2D eigenvalue weighted by atomic mass is 16.6. The minimum Gasteiger partial charge on any atom is -0.380 e. The van der Waals surface area contributed by atoms with Gasteiger partial charge in [0.25, 0.3) is 11.6 Å². The lowest BCUT2D eigenvalue weighted by Gasteiger charge is -2.23. The molecule has 0 saturated carbocycles. The first-order valence-electron chi connectivity index (χ1n) is 11.1. The molecule has 0 fully saturated rings. The number of non-ortho nitro benzene ring substituents is 1. The number of nitrogens with one attached hydrogen (secondary N) is 4. The number of nitro benzene ring substituents is 1. The van der Waals surface area contributed by atoms with Crippen LogP contribution in [0.3, 0.4) is 0 Å². The van der Waals surface area contributed by atoms with Crippen LogP contribution in [0.25, 0.3) is 0 Å². The Morgan fingerprint density at radius 3 is 2.41 bits per heavy atom. The fraction of sp³-hybridized carbons (Fsp3) is 0.261. The van der Waals surface area contributed by atoms with Gasteiger partial charge < -0.3 is 32.7 Å². The van der Waals surface area contributed by atoms with Crippen molar-refractivity contribution in [2.45, 2.75) is 38.4 Å². The van der Waals surface area contributed by atoms with Crippen LogP contribution in [-0.4, -0.2) is 46.5 Å². The maximum Gasteiger partial charge on any atom is 0.270 e. The summed E-state index contributed by atoms with van der Waals surface area (Å²) in [5.74, 6) is -3.66. The molecule has 0 aromatic heterocycles. The molecule has 0 unspecified atom stereocenters. The third-order valence-corrected chi connectivity index (χ3v) is 5.63. The number of primary amides is 2. The fourth-order valence-corrected chi connectivity index (χ4v) is 3.59. The summed E-state index contributed by atoms with van der Waals surface area (Å²) >= 11 is 0. The van der Waals surface area contributed by atoms with Crippen molar-refractivity contribution in [3.05, 3.63) is 63.2 Å². The van der Waals surface area contributed by atoms with Gasteiger partial charge in [-0.05, 0) is 37.1 Å². The van der Waals surface area contributed by atoms with E-state index in [1.807, 2.05) is 0 Å². The molecule has 14 nitrogen and oxygen atoms in total. The van der Waals surface area contributed by atoms with E-state index < -0.39 is 46.5 Å². The Morgan fingerprint density at radius 2 is 1.76 bits per heavy atom. The molecule has 37 heavy (non-hydrogen) atoms. The molecule has 14 heteroatoms. The van der Waals surface area contributed by atoms with Crippen molar-refractivity contribution in [2.24, 2.45) is 11.5 Å². The van der Waals surface area contributed by atoms with Gasteiger partial charge in [0, 0.05) is 42.0 Å². The number of nitro groups is 1. The predicted octanol–water partition coefficient (Wildman–Crippen LogP) is 0.127. The molecular formula is C23H25N7O7. The zero-order chi connectivity index (χ0) is 27.3. The number of fused-ring (bicyclic) bond motifs is 2. The Labute approximate surface area is 210 Å². The highest BCUT2D eigenvalue weighted by molar-refractivity contribution is 6.04. The van der Waals surface area contributed by atoms with E-state index in [0.717, 1.165) is 6.07 Å². The van der Waals surface area contributed by atoms with E-state index in [1.54, 1.807) is 6.07 Å². The molecule has 3 rings (SSSR count). The topological polar surface area (TPSA) is 229 Å². The van der Waals surface area contributed by atoms with E-state index in [2.05, 4.69) is 21.3 Å². The molecule has 0 saturated heterocycles. The summed E-state index contributed by atoms with van der Waals surface area (Å²) in [7, 11) is 0. The molecule has 1 aliphatic heterocycles. The SMILES string of the molecule is C[C@@H]1NC(=O)[C@H](CCC(N)=O)NC(=O)c2cc([N+](=O)[O-])ccc2NCc2ccc(C(N)=O)cc2NC1=O. The molecule has 2 atom stereocenters. The normalized spacial score (nSPS) is 18.0. The average molecular weight is 511 g/mol. The molecule has 1 heterocycles. The fourth-order valence-electron chi connectivity index (χ4n) is 3.59. The average Bonchev–Trinajstić information content (AvgIpc) is 2.84. The second-order valence-corrected chi connectivity index (χ2v) is 8.33. The van der Waals surface area contributed by atoms with Crippen molar-refractivity contribution in [3.8, 4) is 0 Å². The van der Waals surface area contributed by atoms with Gasteiger partial charge in [0.1, 0.15) is 12.1 Å². The second kappa shape index (κ2) is 11.2. The van der Waals surface area contributed by atoms with Gasteiger partial charge in [-0.25, -0.2) is 0 Å². The number of anilines is 2. The lowest BCUT2D eigenvalue weighted by Crippen LogP contribution is -2.52. The summed E-state index contributed by atoms with van der Waals surface area (Å²) in [5.41, 5.74) is 11.1. The van der Waals surface area contributed by atoms with Crippen molar-refractivity contribution < 1.29 is 28.9 Å². The van der Waals surface area contributed by atoms with Crippen molar-refractivity contribution >= 4 is 46.6 Å². The summed E-state index contributed by atoms with van der Waals surface area (Å²) in [5, 5.41) is 21.9. The van der Waals surface area contributed by atoms with Crippen molar-refractivity contribution in [1.29, 1.82) is 0 Å². The number of hydrogen-bond acceptors (Lipinski definition) is 8. The molecule has 2 aromatic rings. The first-order valence-corrected chi connectivity index (χ1v) is 11.1. The highest BCUT2D eigenvalue weighted by Gasteiger charge is 2.28. The van der Waals surface area contributed by atoms with E-state index in [0.29, 0.717) is 5.56 Å². The van der Waals surface area contributed by atoms with Crippen LogP contribution in [-0.2, 0) is 20.9 Å². The van der Waals surface area contributed by atoms with E-state index >= 15 is 0 Å². The number of carbonyl (C=O) groups is 5. The summed E-state index contributed by atoms with van der Waals surface area (Å²) in [6.07, 6.45) is -0.425. The molecule has 1 aliphatic rings. The Kier molecular flexibility index (Phi) is 8.02. The summed E-state index contributed by atoms with van der Waals surface area (Å²) < 4.78 is 0. The first kappa shape index (κ1) is 26.6. The smallest absolute Gasteiger partial charge is 0.270 e. The lowest BCUT2D eigenvalue weighted by molar-refractivity contribution is -0.384. The molecule has 5 amide bonds. The van der Waals surface area contributed by atoms with Crippen molar-refractivity contribution in [3.63, 3.8) is 0 Å². The van der Waals surface area contributed by atoms with Crippen LogP contribution in [0.5, 0.6) is 0 Å². The zero-order valence-corrected chi connectivity index (χ0v) is 19.7. The first-order chi connectivity index (χ1) is 17.5. The molecular weight excluding hydrogens is 486 g/mol. The third kappa shape index (κ3) is 6.56. The van der Waals surface area contributed by atoms with Crippen LogP contribution in [0, 0.1) is 10.1 Å². The monoisotopic (exact) mass is 511 g/mol. The number of nitrogens with two attached hydrogens (primary N) is 2. The van der Waals surface area contributed by atoms with Gasteiger partial charge in [0.05, 0.1) is 10.5 Å². The van der Waals surface area contributed by atoms with Crippen molar-refractivity contribution in [1.82, 2.24) is 10.6 Å². The zero-order valence-electron chi connectivity index (χ0n) is 19.7. The van der Waals surface area contributed by atoms with Crippen LogP contribution >= 0.6 is 0 Å². The number of rotatable bonds is 5. The van der Waals surface area contributed by atoms with Gasteiger partial charge in [-0.15, -0.1) is 0 Å². The molecule has 0 bridgehead atoms. The number of nitrogens with zero attached hydrogens (tertiary/aromatic N) is 1. The highest BCUT2D eigenvalue weighted by Crippen LogP contribution is 2.25. The van der Waals surface area contributed by atoms with Gasteiger partial charge >= 0.3 is 0 Å². The summed E-state index contributed by atoms with van der Waals surface area (Å²) in [4.78, 5) is 72.6. The maximum absolute atomic E-state index is 13.2. The van der Waals surface area contributed by atoms with Crippen LogP contribution in [0.2, 0.25) is 0 Å². The molecule has 0 aliphatic carbocycles. The van der Waals surface area contributed by atoms with Crippen LogP contribution in [0.1, 0.15) is 46.0 Å². The Bertz CT molecular complexity index is 1290. The maximum atomic E-state index is 13.2. The predicted molar refractivity (Wildman–Crippen MR) is 131 cm³/mol. The minimum absolute atomic E-state index is 0.0403. The van der Waals surface area contributed by atoms with E-state index in [-0.39, 0.29) is 47.6 Å². The van der Waals surface area contributed by atoms with E-state index in [4.69, 9.17) is 11.5 Å². The molecule has 194 valence electrons. The standard InChI is InChI=1S/C23H25N7O7/c1-11-21(33)29-18-8-12(20(25)32)2-3-13(18)10-26-16-5-4-14(30(36)37)9-15(16)22(34)28-17(23(35)27-11)6-7-19(24)31/h2-5,8-9,11,17,26H,6-7,10H2,1H3,(H2,24,31)(H2,25,32)(H,27,35)(H,28,34)(H,29,33)/t11-,17-/m0/s1. The van der Waals surface area contributed by atoms with Crippen molar-refractivity contribution in [2.75, 3.05) is 10.6 Å². The van der Waals surface area contributed by atoms with Crippen LogP contribution in [0.4, 0.5) is 17.1 Å². The number of carbonyl (C=O) groups excluding carboxylic acids is 5. The minimum atomic E-state index is -1.28. The Morgan fingerprint density at radius 1 is 1.03 bits per heavy atom. The van der Waals surface area contributed by atoms with Gasteiger partial charge in [0.15, 0.2) is 0 Å². The molecule has 0 radical (unpaired) electrons. The number of hydrogen-bond donors (Lipinski definition) is 6. The molecule has 0 spiro atoms. The van der Waals surface area contributed by atoms with Gasteiger partial charge in [-0.1, -0.05) is 6.07 Å². The van der Waals surface area contributed by atoms with Gasteiger partial charge in [0.2, 0.25) is 23.6 Å².